The second-order valence-electron chi connectivity index (χ2n) is 5.53. The predicted octanol–water partition coefficient (Wildman–Crippen LogP) is 2.81. The molecule has 0 aliphatic rings. The first-order valence-corrected chi connectivity index (χ1v) is 7.54. The second kappa shape index (κ2) is 6.58. The maximum absolute atomic E-state index is 4.30. The van der Waals surface area contributed by atoms with E-state index in [2.05, 4.69) is 53.5 Å². The average Bonchev–Trinajstić information content (AvgIpc) is 3.25. The highest BCUT2D eigenvalue weighted by Gasteiger charge is 2.13. The van der Waals surface area contributed by atoms with Gasteiger partial charge in [-0.2, -0.15) is 5.10 Å². The number of hydrogen-bond acceptors (Lipinski definition) is 3. The van der Waals surface area contributed by atoms with E-state index in [0.29, 0.717) is 12.1 Å². The summed E-state index contributed by atoms with van der Waals surface area (Å²) in [4.78, 5) is 4.07. The zero-order valence-corrected chi connectivity index (χ0v) is 12.9. The lowest BCUT2D eigenvalue weighted by Gasteiger charge is -2.22. The Morgan fingerprint density at radius 1 is 1.09 bits per heavy atom. The first-order chi connectivity index (χ1) is 10.7. The molecule has 2 aromatic heterocycles. The monoisotopic (exact) mass is 295 g/mol. The van der Waals surface area contributed by atoms with Gasteiger partial charge in [-0.15, -0.1) is 0 Å². The normalized spacial score (nSPS) is 13.9. The molecule has 0 unspecified atom stereocenters. The van der Waals surface area contributed by atoms with E-state index in [1.54, 1.807) is 12.5 Å². The first kappa shape index (κ1) is 14.5. The van der Waals surface area contributed by atoms with Crippen LogP contribution in [0.1, 0.15) is 25.5 Å². The van der Waals surface area contributed by atoms with Gasteiger partial charge in [0.1, 0.15) is 0 Å². The molecule has 0 aliphatic carbocycles. The van der Waals surface area contributed by atoms with E-state index in [9.17, 15) is 0 Å². The fourth-order valence-corrected chi connectivity index (χ4v) is 2.40. The van der Waals surface area contributed by atoms with Gasteiger partial charge in [0.25, 0.3) is 0 Å². The summed E-state index contributed by atoms with van der Waals surface area (Å²) in [6.45, 7) is 5.20. The topological polar surface area (TPSA) is 47.7 Å². The van der Waals surface area contributed by atoms with Gasteiger partial charge in [0.05, 0.1) is 12.4 Å². The third-order valence-electron chi connectivity index (χ3n) is 4.03. The third-order valence-corrected chi connectivity index (χ3v) is 4.03. The summed E-state index contributed by atoms with van der Waals surface area (Å²) in [5.41, 5.74) is 2.39. The van der Waals surface area contributed by atoms with Crippen LogP contribution >= 0.6 is 0 Å². The van der Waals surface area contributed by atoms with Crippen molar-refractivity contribution in [1.82, 2.24) is 24.6 Å². The molecule has 114 valence electrons. The van der Waals surface area contributed by atoms with Gasteiger partial charge >= 0.3 is 0 Å². The minimum absolute atomic E-state index is 0.320. The molecular weight excluding hydrogens is 274 g/mol. The summed E-state index contributed by atoms with van der Waals surface area (Å²) in [5, 5.41) is 7.86. The number of aromatic nitrogens is 4. The highest BCUT2D eigenvalue weighted by molar-refractivity contribution is 5.34. The molecule has 0 saturated carbocycles. The highest BCUT2D eigenvalue weighted by atomic mass is 15.3. The number of nitrogens with zero attached hydrogens (tertiary/aromatic N) is 4. The Morgan fingerprint density at radius 2 is 1.91 bits per heavy atom. The van der Waals surface area contributed by atoms with Crippen molar-refractivity contribution in [3.05, 3.63) is 67.0 Å². The van der Waals surface area contributed by atoms with Crippen molar-refractivity contribution in [1.29, 1.82) is 0 Å². The van der Waals surface area contributed by atoms with E-state index >= 15 is 0 Å². The van der Waals surface area contributed by atoms with Crippen molar-refractivity contribution in [3.63, 3.8) is 0 Å². The lowest BCUT2D eigenvalue weighted by molar-refractivity contribution is 0.365. The molecule has 3 aromatic rings. The van der Waals surface area contributed by atoms with Crippen LogP contribution in [-0.2, 0) is 6.54 Å². The Balaban J connectivity index is 1.57. The van der Waals surface area contributed by atoms with Gasteiger partial charge in [-0.25, -0.2) is 4.98 Å². The molecule has 0 spiro atoms. The van der Waals surface area contributed by atoms with E-state index in [1.165, 1.54) is 5.56 Å². The molecule has 0 saturated heterocycles. The van der Waals surface area contributed by atoms with Crippen molar-refractivity contribution in [3.8, 4) is 5.69 Å². The van der Waals surface area contributed by atoms with Crippen molar-refractivity contribution in [2.75, 3.05) is 0 Å². The van der Waals surface area contributed by atoms with Crippen LogP contribution < -0.4 is 5.32 Å². The Hall–Kier alpha value is -2.40. The van der Waals surface area contributed by atoms with Crippen LogP contribution in [0.2, 0.25) is 0 Å². The number of rotatable bonds is 6. The second-order valence-corrected chi connectivity index (χ2v) is 5.53. The zero-order chi connectivity index (χ0) is 15.4. The summed E-state index contributed by atoms with van der Waals surface area (Å²) < 4.78 is 3.99. The Bertz CT molecular complexity index is 670. The van der Waals surface area contributed by atoms with E-state index < -0.39 is 0 Å². The van der Waals surface area contributed by atoms with Crippen molar-refractivity contribution in [2.24, 2.45) is 0 Å². The number of nitrogens with one attached hydrogen (secondary N) is 1. The maximum Gasteiger partial charge on any atom is 0.0991 e. The summed E-state index contributed by atoms with van der Waals surface area (Å²) in [5.74, 6) is 0. The Kier molecular flexibility index (Phi) is 4.34. The minimum atomic E-state index is 0.320. The molecule has 2 atom stereocenters. The molecule has 1 aromatic carbocycles. The van der Waals surface area contributed by atoms with Crippen molar-refractivity contribution < 1.29 is 0 Å². The SMILES string of the molecule is C[C@H](NCc1ccc(-n2ccnc2)cc1)[C@H](C)n1cccn1. The molecule has 0 fully saturated rings. The van der Waals surface area contributed by atoms with E-state index in [1.807, 2.05) is 33.9 Å². The fourth-order valence-electron chi connectivity index (χ4n) is 2.40. The number of benzene rings is 1. The minimum Gasteiger partial charge on any atom is -0.308 e. The number of hydrogen-bond donors (Lipinski definition) is 1. The van der Waals surface area contributed by atoms with Gasteiger partial charge in [0.15, 0.2) is 0 Å². The van der Waals surface area contributed by atoms with E-state index in [4.69, 9.17) is 0 Å². The van der Waals surface area contributed by atoms with Gasteiger partial charge in [0.2, 0.25) is 0 Å². The van der Waals surface area contributed by atoms with Crippen LogP contribution in [-0.4, -0.2) is 25.4 Å². The standard InChI is InChI=1S/C17H21N5/c1-14(15(2)22-10-3-8-20-22)19-12-16-4-6-17(7-5-16)21-11-9-18-13-21/h3-11,13-15,19H,12H2,1-2H3/t14-,15-/m0/s1. The third kappa shape index (κ3) is 3.26. The quantitative estimate of drug-likeness (QED) is 0.760. The predicted molar refractivity (Wildman–Crippen MR) is 86.8 cm³/mol. The van der Waals surface area contributed by atoms with Crippen LogP contribution in [0.4, 0.5) is 0 Å². The van der Waals surface area contributed by atoms with Gasteiger partial charge < -0.3 is 9.88 Å². The molecule has 1 N–H and O–H groups in total. The van der Waals surface area contributed by atoms with Gasteiger partial charge in [-0.05, 0) is 37.6 Å². The lowest BCUT2D eigenvalue weighted by Crippen LogP contribution is -2.33. The summed E-state index contributed by atoms with van der Waals surface area (Å²) >= 11 is 0. The fraction of sp³-hybridized carbons (Fsp3) is 0.294. The molecular formula is C17H21N5. The van der Waals surface area contributed by atoms with Crippen LogP contribution in [0.5, 0.6) is 0 Å². The molecule has 5 nitrogen and oxygen atoms in total. The van der Waals surface area contributed by atoms with Gasteiger partial charge in [-0.3, -0.25) is 4.68 Å². The number of imidazole rings is 1. The molecule has 0 amide bonds. The summed E-state index contributed by atoms with van der Waals surface area (Å²) in [7, 11) is 0. The summed E-state index contributed by atoms with van der Waals surface area (Å²) in [6, 6.07) is 11.1. The molecule has 0 aliphatic heterocycles. The summed E-state index contributed by atoms with van der Waals surface area (Å²) in [6.07, 6.45) is 9.36. The van der Waals surface area contributed by atoms with Crippen LogP contribution in [0, 0.1) is 0 Å². The van der Waals surface area contributed by atoms with Crippen LogP contribution in [0.25, 0.3) is 5.69 Å². The lowest BCUT2D eigenvalue weighted by atomic mass is 10.1. The molecule has 0 bridgehead atoms. The van der Waals surface area contributed by atoms with Gasteiger partial charge in [0, 0.05) is 43.1 Å². The highest BCUT2D eigenvalue weighted by Crippen LogP contribution is 2.12. The molecule has 0 radical (unpaired) electrons. The van der Waals surface area contributed by atoms with E-state index in [0.717, 1.165) is 12.2 Å². The van der Waals surface area contributed by atoms with Crippen LogP contribution in [0.3, 0.4) is 0 Å². The zero-order valence-electron chi connectivity index (χ0n) is 12.9. The van der Waals surface area contributed by atoms with Crippen molar-refractivity contribution in [2.45, 2.75) is 32.5 Å². The van der Waals surface area contributed by atoms with Crippen LogP contribution in [0.15, 0.2) is 61.4 Å². The van der Waals surface area contributed by atoms with E-state index in [-0.39, 0.29) is 0 Å². The average molecular weight is 295 g/mol. The molecule has 22 heavy (non-hydrogen) atoms. The van der Waals surface area contributed by atoms with Crippen molar-refractivity contribution >= 4 is 0 Å². The largest absolute Gasteiger partial charge is 0.308 e. The Labute approximate surface area is 130 Å². The molecule has 2 heterocycles. The smallest absolute Gasteiger partial charge is 0.0991 e. The molecule has 3 rings (SSSR count). The molecule has 5 heteroatoms. The van der Waals surface area contributed by atoms with Gasteiger partial charge in [-0.1, -0.05) is 12.1 Å². The maximum atomic E-state index is 4.30. The Morgan fingerprint density at radius 3 is 2.55 bits per heavy atom. The first-order valence-electron chi connectivity index (χ1n) is 7.54.